The molecule has 2 heterocycles. The molecule has 1 aliphatic rings. The van der Waals surface area contributed by atoms with Gasteiger partial charge in [0.15, 0.2) is 0 Å². The maximum atomic E-state index is 12.5. The van der Waals surface area contributed by atoms with Gasteiger partial charge in [-0.1, -0.05) is 18.2 Å². The quantitative estimate of drug-likeness (QED) is 0.883. The van der Waals surface area contributed by atoms with E-state index in [0.29, 0.717) is 18.7 Å². The van der Waals surface area contributed by atoms with Crippen LogP contribution in [0.2, 0.25) is 0 Å². The average Bonchev–Trinajstić information content (AvgIpc) is 2.62. The molecule has 26 heavy (non-hydrogen) atoms. The maximum absolute atomic E-state index is 12.5. The molecule has 1 N–H and O–H groups in total. The van der Waals surface area contributed by atoms with Crippen LogP contribution in [-0.4, -0.2) is 50.4 Å². The molecular weight excluding hydrogens is 352 g/mol. The largest absolute Gasteiger partial charge is 0.367 e. The molecule has 0 bridgehead atoms. The molecule has 0 radical (unpaired) electrons. The molecule has 3 rings (SSSR count). The highest BCUT2D eigenvalue weighted by molar-refractivity contribution is 7.92. The third-order valence-corrected chi connectivity index (χ3v) is 5.98. The first kappa shape index (κ1) is 18.2. The smallest absolute Gasteiger partial charge is 0.263 e. The van der Waals surface area contributed by atoms with Crippen molar-refractivity contribution < 1.29 is 13.2 Å². The number of hydrogen-bond acceptors (Lipinski definition) is 5. The van der Waals surface area contributed by atoms with E-state index in [1.165, 1.54) is 0 Å². The van der Waals surface area contributed by atoms with Gasteiger partial charge in [0.25, 0.3) is 10.0 Å². The fraction of sp³-hybridized carbons (Fsp3) is 0.333. The zero-order valence-corrected chi connectivity index (χ0v) is 15.7. The predicted octanol–water partition coefficient (Wildman–Crippen LogP) is 1.86. The van der Waals surface area contributed by atoms with Gasteiger partial charge in [-0.25, -0.2) is 13.4 Å². The second kappa shape index (κ2) is 7.33. The number of nitrogens with one attached hydrogen (secondary N) is 1. The molecule has 1 saturated heterocycles. The monoisotopic (exact) mass is 374 g/mol. The molecule has 2 aromatic rings. The number of pyridine rings is 1. The van der Waals surface area contributed by atoms with Gasteiger partial charge < -0.3 is 9.80 Å². The van der Waals surface area contributed by atoms with Gasteiger partial charge in [0.2, 0.25) is 5.91 Å². The summed E-state index contributed by atoms with van der Waals surface area (Å²) in [7, 11) is -3.67. The molecule has 7 nitrogen and oxygen atoms in total. The first-order valence-corrected chi connectivity index (χ1v) is 9.90. The van der Waals surface area contributed by atoms with E-state index in [9.17, 15) is 13.2 Å². The van der Waals surface area contributed by atoms with Crippen molar-refractivity contribution in [1.82, 2.24) is 9.88 Å². The summed E-state index contributed by atoms with van der Waals surface area (Å²) in [6.45, 7) is 6.15. The highest BCUT2D eigenvalue weighted by atomic mass is 32.2. The summed E-state index contributed by atoms with van der Waals surface area (Å²) in [5.74, 6) is 0.364. The Morgan fingerprint density at radius 2 is 1.77 bits per heavy atom. The lowest BCUT2D eigenvalue weighted by atomic mass is 10.2. The van der Waals surface area contributed by atoms with E-state index in [1.807, 2.05) is 11.0 Å². The topological polar surface area (TPSA) is 82.6 Å². The van der Waals surface area contributed by atoms with E-state index in [4.69, 9.17) is 0 Å². The summed E-state index contributed by atoms with van der Waals surface area (Å²) < 4.78 is 27.5. The van der Waals surface area contributed by atoms with E-state index in [0.717, 1.165) is 18.8 Å². The summed E-state index contributed by atoms with van der Waals surface area (Å²) in [6.07, 6.45) is 1.65. The summed E-state index contributed by atoms with van der Waals surface area (Å²) >= 11 is 0. The second-order valence-electron chi connectivity index (χ2n) is 6.27. The van der Waals surface area contributed by atoms with Gasteiger partial charge in [-0.05, 0) is 30.7 Å². The third kappa shape index (κ3) is 3.96. The van der Waals surface area contributed by atoms with Crippen molar-refractivity contribution in [2.24, 2.45) is 0 Å². The van der Waals surface area contributed by atoms with Crippen LogP contribution in [0, 0.1) is 6.92 Å². The van der Waals surface area contributed by atoms with Crippen molar-refractivity contribution in [1.29, 1.82) is 0 Å². The molecule has 1 amide bonds. The van der Waals surface area contributed by atoms with Gasteiger partial charge in [-0.2, -0.15) is 0 Å². The summed E-state index contributed by atoms with van der Waals surface area (Å²) in [5.41, 5.74) is 1.59. The molecule has 138 valence electrons. The number of aromatic nitrogens is 1. The molecular formula is C18H22N4O3S. The van der Waals surface area contributed by atoms with E-state index in [1.54, 1.807) is 50.4 Å². The number of amides is 1. The van der Waals surface area contributed by atoms with Crippen LogP contribution in [0.25, 0.3) is 0 Å². The van der Waals surface area contributed by atoms with Gasteiger partial charge in [-0.3, -0.25) is 9.52 Å². The minimum absolute atomic E-state index is 0.0868. The Bertz CT molecular complexity index is 889. The van der Waals surface area contributed by atoms with Crippen molar-refractivity contribution in [3.8, 4) is 0 Å². The van der Waals surface area contributed by atoms with Gasteiger partial charge in [0.05, 0.1) is 16.8 Å². The van der Waals surface area contributed by atoms with Crippen LogP contribution in [-0.2, 0) is 14.8 Å². The minimum Gasteiger partial charge on any atom is -0.367 e. The number of carbonyl (C=O) groups excluding carboxylic acids is 1. The number of nitrogens with zero attached hydrogens (tertiary/aromatic N) is 3. The van der Waals surface area contributed by atoms with Crippen LogP contribution in [0.15, 0.2) is 47.5 Å². The van der Waals surface area contributed by atoms with Crippen LogP contribution >= 0.6 is 0 Å². The fourth-order valence-corrected chi connectivity index (χ4v) is 4.22. The van der Waals surface area contributed by atoms with Crippen molar-refractivity contribution in [2.75, 3.05) is 35.8 Å². The van der Waals surface area contributed by atoms with E-state index >= 15 is 0 Å². The Morgan fingerprint density at radius 3 is 2.35 bits per heavy atom. The highest BCUT2D eigenvalue weighted by Crippen LogP contribution is 2.21. The predicted molar refractivity (Wildman–Crippen MR) is 101 cm³/mol. The Hall–Kier alpha value is -2.61. The van der Waals surface area contributed by atoms with Crippen LogP contribution in [0.4, 0.5) is 11.5 Å². The van der Waals surface area contributed by atoms with Crippen molar-refractivity contribution in [3.63, 3.8) is 0 Å². The molecule has 0 unspecified atom stereocenters. The number of anilines is 2. The summed E-state index contributed by atoms with van der Waals surface area (Å²) in [4.78, 5) is 19.8. The number of carbonyl (C=O) groups is 1. The summed E-state index contributed by atoms with van der Waals surface area (Å²) in [6, 6.07) is 10.3. The van der Waals surface area contributed by atoms with Gasteiger partial charge in [0.1, 0.15) is 5.82 Å². The molecule has 1 fully saturated rings. The average molecular weight is 374 g/mol. The highest BCUT2D eigenvalue weighted by Gasteiger charge is 2.20. The number of piperazine rings is 1. The van der Waals surface area contributed by atoms with Crippen LogP contribution < -0.4 is 9.62 Å². The number of aryl methyl sites for hydroxylation is 1. The van der Waals surface area contributed by atoms with Crippen LogP contribution in [0.1, 0.15) is 12.5 Å². The summed E-state index contributed by atoms with van der Waals surface area (Å²) in [5, 5.41) is 0. The first-order chi connectivity index (χ1) is 12.4. The number of benzene rings is 1. The molecule has 8 heteroatoms. The van der Waals surface area contributed by atoms with Gasteiger partial charge in [0, 0.05) is 33.1 Å². The Labute approximate surface area is 153 Å². The first-order valence-electron chi connectivity index (χ1n) is 8.42. The standard InChI is InChI=1S/C18H22N4O3S/c1-14-5-3-4-6-17(14)26(24,25)20-18-8-7-16(13-19-18)22-11-9-21(10-12-22)15(2)23/h3-8,13H,9-12H2,1-2H3,(H,19,20). The zero-order chi connectivity index (χ0) is 18.7. The fourth-order valence-electron chi connectivity index (χ4n) is 2.96. The van der Waals surface area contributed by atoms with Crippen LogP contribution in [0.3, 0.4) is 0 Å². The lowest BCUT2D eigenvalue weighted by molar-refractivity contribution is -0.129. The molecule has 0 aliphatic carbocycles. The third-order valence-electron chi connectivity index (χ3n) is 4.46. The molecule has 0 saturated carbocycles. The van der Waals surface area contributed by atoms with E-state index < -0.39 is 10.0 Å². The maximum Gasteiger partial charge on any atom is 0.263 e. The molecule has 1 aliphatic heterocycles. The zero-order valence-electron chi connectivity index (χ0n) is 14.8. The Kier molecular flexibility index (Phi) is 5.13. The van der Waals surface area contributed by atoms with E-state index in [-0.39, 0.29) is 16.6 Å². The van der Waals surface area contributed by atoms with E-state index in [2.05, 4.69) is 14.6 Å². The molecule has 0 spiro atoms. The molecule has 0 atom stereocenters. The Morgan fingerprint density at radius 1 is 1.08 bits per heavy atom. The molecule has 1 aromatic heterocycles. The molecule has 1 aromatic carbocycles. The van der Waals surface area contributed by atoms with Crippen molar-refractivity contribution >= 4 is 27.4 Å². The number of hydrogen-bond donors (Lipinski definition) is 1. The lowest BCUT2D eigenvalue weighted by Crippen LogP contribution is -2.48. The lowest BCUT2D eigenvalue weighted by Gasteiger charge is -2.35. The minimum atomic E-state index is -3.67. The van der Waals surface area contributed by atoms with Crippen molar-refractivity contribution in [2.45, 2.75) is 18.7 Å². The SMILES string of the molecule is CC(=O)N1CCN(c2ccc(NS(=O)(=O)c3ccccc3C)nc2)CC1. The second-order valence-corrected chi connectivity index (χ2v) is 7.92. The normalized spacial score (nSPS) is 15.0. The Balaban J connectivity index is 1.69. The van der Waals surface area contributed by atoms with Gasteiger partial charge in [-0.15, -0.1) is 0 Å². The number of rotatable bonds is 4. The van der Waals surface area contributed by atoms with Gasteiger partial charge >= 0.3 is 0 Å². The number of sulfonamides is 1. The van der Waals surface area contributed by atoms with Crippen molar-refractivity contribution in [3.05, 3.63) is 48.2 Å². The van der Waals surface area contributed by atoms with Crippen LogP contribution in [0.5, 0.6) is 0 Å².